The zero-order chi connectivity index (χ0) is 12.3. The van der Waals surface area contributed by atoms with E-state index in [1.807, 2.05) is 0 Å². The van der Waals surface area contributed by atoms with Gasteiger partial charge in [0.05, 0.1) is 0 Å². The van der Waals surface area contributed by atoms with E-state index in [2.05, 4.69) is 17.6 Å². The normalized spacial score (nSPS) is 20.2. The number of unbranched alkanes of at least 4 members (excludes halogenated alkanes) is 4. The van der Waals surface area contributed by atoms with Crippen LogP contribution in [0.5, 0.6) is 0 Å². The van der Waals surface area contributed by atoms with Crippen molar-refractivity contribution in [2.24, 2.45) is 5.92 Å². The molecule has 1 aliphatic heterocycles. The van der Waals surface area contributed by atoms with Crippen LogP contribution in [0.25, 0.3) is 0 Å². The van der Waals surface area contributed by atoms with E-state index in [1.54, 1.807) is 0 Å². The highest BCUT2D eigenvalue weighted by Gasteiger charge is 2.13. The summed E-state index contributed by atoms with van der Waals surface area (Å²) >= 11 is 0. The van der Waals surface area contributed by atoms with Gasteiger partial charge in [-0.15, -0.1) is 0 Å². The summed E-state index contributed by atoms with van der Waals surface area (Å²) < 4.78 is 0. The van der Waals surface area contributed by atoms with Gasteiger partial charge in [-0.05, 0) is 38.3 Å². The summed E-state index contributed by atoms with van der Waals surface area (Å²) in [6.07, 6.45) is 9.30. The van der Waals surface area contributed by atoms with Crippen molar-refractivity contribution in [3.05, 3.63) is 0 Å². The smallest absolute Gasteiger partial charge is 0.220 e. The highest BCUT2D eigenvalue weighted by molar-refractivity contribution is 5.75. The van der Waals surface area contributed by atoms with E-state index in [9.17, 15) is 4.79 Å². The molecular formula is C14H28N2O. The van der Waals surface area contributed by atoms with Crippen LogP contribution in [0.1, 0.15) is 58.3 Å². The standard InChI is InChI=1S/C14H28N2O/c1-2-3-4-5-6-9-14(17)16-12-13-8-7-10-15-11-13/h13,15H,2-12H2,1H3,(H,16,17). The number of carbonyl (C=O) groups excluding carboxylic acids is 1. The lowest BCUT2D eigenvalue weighted by atomic mass is 10.00. The average molecular weight is 240 g/mol. The first-order valence-corrected chi connectivity index (χ1v) is 7.30. The van der Waals surface area contributed by atoms with Crippen molar-refractivity contribution < 1.29 is 4.79 Å². The van der Waals surface area contributed by atoms with E-state index in [4.69, 9.17) is 0 Å². The molecule has 0 aromatic carbocycles. The lowest BCUT2D eigenvalue weighted by Crippen LogP contribution is -2.38. The number of hydrogen-bond acceptors (Lipinski definition) is 2. The van der Waals surface area contributed by atoms with Crippen molar-refractivity contribution in [1.29, 1.82) is 0 Å². The highest BCUT2D eigenvalue weighted by atomic mass is 16.1. The van der Waals surface area contributed by atoms with E-state index >= 15 is 0 Å². The molecule has 2 N–H and O–H groups in total. The van der Waals surface area contributed by atoms with E-state index in [0.29, 0.717) is 12.3 Å². The Morgan fingerprint density at radius 3 is 2.82 bits per heavy atom. The van der Waals surface area contributed by atoms with Crippen LogP contribution in [0, 0.1) is 5.92 Å². The van der Waals surface area contributed by atoms with Crippen molar-refractivity contribution in [3.8, 4) is 0 Å². The largest absolute Gasteiger partial charge is 0.356 e. The first-order chi connectivity index (χ1) is 8.33. The first-order valence-electron chi connectivity index (χ1n) is 7.30. The van der Waals surface area contributed by atoms with Crippen LogP contribution in [0.4, 0.5) is 0 Å². The maximum atomic E-state index is 11.6. The Morgan fingerprint density at radius 1 is 1.29 bits per heavy atom. The molecule has 0 saturated carbocycles. The van der Waals surface area contributed by atoms with Crippen molar-refractivity contribution in [1.82, 2.24) is 10.6 Å². The van der Waals surface area contributed by atoms with Crippen LogP contribution in [-0.2, 0) is 4.79 Å². The molecule has 0 bridgehead atoms. The second-order valence-electron chi connectivity index (χ2n) is 5.18. The van der Waals surface area contributed by atoms with Crippen LogP contribution in [0.2, 0.25) is 0 Å². The predicted octanol–water partition coefficient (Wildman–Crippen LogP) is 2.46. The zero-order valence-corrected chi connectivity index (χ0v) is 11.3. The third-order valence-corrected chi connectivity index (χ3v) is 3.49. The van der Waals surface area contributed by atoms with E-state index in [-0.39, 0.29) is 5.91 Å². The Kier molecular flexibility index (Phi) is 8.06. The first kappa shape index (κ1) is 14.5. The molecule has 1 fully saturated rings. The molecule has 1 atom stereocenters. The maximum Gasteiger partial charge on any atom is 0.220 e. The third-order valence-electron chi connectivity index (χ3n) is 3.49. The van der Waals surface area contributed by atoms with Crippen LogP contribution in [0.3, 0.4) is 0 Å². The lowest BCUT2D eigenvalue weighted by molar-refractivity contribution is -0.121. The molecule has 0 aromatic rings. The molecule has 17 heavy (non-hydrogen) atoms. The minimum absolute atomic E-state index is 0.243. The lowest BCUT2D eigenvalue weighted by Gasteiger charge is -2.22. The average Bonchev–Trinajstić information content (AvgIpc) is 2.37. The summed E-state index contributed by atoms with van der Waals surface area (Å²) in [5.41, 5.74) is 0. The second kappa shape index (κ2) is 9.46. The van der Waals surface area contributed by atoms with Crippen LogP contribution < -0.4 is 10.6 Å². The Labute approximate surface area is 106 Å². The van der Waals surface area contributed by atoms with Crippen LogP contribution in [0.15, 0.2) is 0 Å². The molecular weight excluding hydrogens is 212 g/mol. The van der Waals surface area contributed by atoms with Gasteiger partial charge in [-0.1, -0.05) is 32.6 Å². The molecule has 1 heterocycles. The molecule has 1 saturated heterocycles. The number of hydrogen-bond donors (Lipinski definition) is 2. The van der Waals surface area contributed by atoms with Gasteiger partial charge in [-0.3, -0.25) is 4.79 Å². The fourth-order valence-electron chi connectivity index (χ4n) is 2.33. The zero-order valence-electron chi connectivity index (χ0n) is 11.3. The minimum Gasteiger partial charge on any atom is -0.356 e. The SMILES string of the molecule is CCCCCCCC(=O)NCC1CCCNC1. The van der Waals surface area contributed by atoms with E-state index in [1.165, 1.54) is 38.5 Å². The Morgan fingerprint density at radius 2 is 2.12 bits per heavy atom. The van der Waals surface area contributed by atoms with Gasteiger partial charge >= 0.3 is 0 Å². The van der Waals surface area contributed by atoms with Gasteiger partial charge < -0.3 is 10.6 Å². The minimum atomic E-state index is 0.243. The molecule has 1 rings (SSSR count). The Hall–Kier alpha value is -0.570. The highest BCUT2D eigenvalue weighted by Crippen LogP contribution is 2.09. The molecule has 100 valence electrons. The molecule has 0 aliphatic carbocycles. The molecule has 1 amide bonds. The maximum absolute atomic E-state index is 11.6. The summed E-state index contributed by atoms with van der Waals surface area (Å²) in [6, 6.07) is 0. The summed E-state index contributed by atoms with van der Waals surface area (Å²) in [5.74, 6) is 0.889. The third kappa shape index (κ3) is 7.37. The number of piperidine rings is 1. The monoisotopic (exact) mass is 240 g/mol. The fraction of sp³-hybridized carbons (Fsp3) is 0.929. The van der Waals surface area contributed by atoms with Gasteiger partial charge in [0, 0.05) is 13.0 Å². The van der Waals surface area contributed by atoms with Crippen molar-refractivity contribution >= 4 is 5.91 Å². The molecule has 3 heteroatoms. The number of nitrogens with one attached hydrogen (secondary N) is 2. The van der Waals surface area contributed by atoms with Crippen molar-refractivity contribution in [2.45, 2.75) is 58.3 Å². The van der Waals surface area contributed by atoms with Crippen molar-refractivity contribution in [2.75, 3.05) is 19.6 Å². The molecule has 0 spiro atoms. The second-order valence-corrected chi connectivity index (χ2v) is 5.18. The number of rotatable bonds is 8. The summed E-state index contributed by atoms with van der Waals surface area (Å²) in [4.78, 5) is 11.6. The molecule has 1 aliphatic rings. The van der Waals surface area contributed by atoms with Gasteiger partial charge in [0.15, 0.2) is 0 Å². The Balaban J connectivity index is 1.93. The summed E-state index contributed by atoms with van der Waals surface area (Å²) in [5, 5.41) is 6.44. The van der Waals surface area contributed by atoms with Gasteiger partial charge in [0.2, 0.25) is 5.91 Å². The van der Waals surface area contributed by atoms with Crippen LogP contribution in [-0.4, -0.2) is 25.5 Å². The summed E-state index contributed by atoms with van der Waals surface area (Å²) in [7, 11) is 0. The van der Waals surface area contributed by atoms with E-state index in [0.717, 1.165) is 26.1 Å². The number of carbonyl (C=O) groups is 1. The van der Waals surface area contributed by atoms with E-state index < -0.39 is 0 Å². The topological polar surface area (TPSA) is 41.1 Å². The summed E-state index contributed by atoms with van der Waals surface area (Å²) in [6.45, 7) is 5.28. The fourth-order valence-corrected chi connectivity index (χ4v) is 2.33. The predicted molar refractivity (Wildman–Crippen MR) is 72.0 cm³/mol. The quantitative estimate of drug-likeness (QED) is 0.640. The van der Waals surface area contributed by atoms with Crippen molar-refractivity contribution in [3.63, 3.8) is 0 Å². The number of amides is 1. The van der Waals surface area contributed by atoms with Gasteiger partial charge in [0.25, 0.3) is 0 Å². The molecule has 1 unspecified atom stereocenters. The Bertz CT molecular complexity index is 200. The molecule has 0 aromatic heterocycles. The van der Waals surface area contributed by atoms with Crippen LogP contribution >= 0.6 is 0 Å². The molecule has 0 radical (unpaired) electrons. The van der Waals surface area contributed by atoms with Gasteiger partial charge in [0.1, 0.15) is 0 Å². The molecule has 3 nitrogen and oxygen atoms in total. The van der Waals surface area contributed by atoms with Gasteiger partial charge in [-0.25, -0.2) is 0 Å². The van der Waals surface area contributed by atoms with Gasteiger partial charge in [-0.2, -0.15) is 0 Å².